The number of benzene rings is 1. The molecule has 0 aliphatic rings. The lowest BCUT2D eigenvalue weighted by atomic mass is 10.2. The molecule has 1 amide bonds. The summed E-state index contributed by atoms with van der Waals surface area (Å²) in [5, 5.41) is 11.3. The van der Waals surface area contributed by atoms with Crippen molar-refractivity contribution in [2.24, 2.45) is 0 Å². The van der Waals surface area contributed by atoms with Gasteiger partial charge in [0, 0.05) is 4.90 Å². The van der Waals surface area contributed by atoms with Crippen molar-refractivity contribution < 1.29 is 29.0 Å². The summed E-state index contributed by atoms with van der Waals surface area (Å²) in [4.78, 5) is 35.8. The second-order valence-corrected chi connectivity index (χ2v) is 7.13. The number of carboxylic acid groups (broad SMARTS) is 1. The van der Waals surface area contributed by atoms with E-state index in [1.165, 1.54) is 0 Å². The topological polar surface area (TPSA) is 102 Å². The summed E-state index contributed by atoms with van der Waals surface area (Å²) < 4.78 is 10.0. The van der Waals surface area contributed by atoms with Crippen LogP contribution in [0.3, 0.4) is 0 Å². The van der Waals surface area contributed by atoms with Gasteiger partial charge in [-0.1, -0.05) is 12.1 Å². The van der Waals surface area contributed by atoms with Gasteiger partial charge in [-0.05, 0) is 44.7 Å². The van der Waals surface area contributed by atoms with E-state index in [9.17, 15) is 14.4 Å². The molecule has 1 aromatic carbocycles. The minimum atomic E-state index is -1.42. The highest BCUT2D eigenvalue weighted by atomic mass is 32.2. The van der Waals surface area contributed by atoms with Crippen LogP contribution >= 0.6 is 11.8 Å². The zero-order valence-electron chi connectivity index (χ0n) is 14.7. The van der Waals surface area contributed by atoms with Crippen molar-refractivity contribution in [1.82, 2.24) is 5.32 Å². The summed E-state index contributed by atoms with van der Waals surface area (Å²) >= 11 is 1.60. The van der Waals surface area contributed by atoms with E-state index >= 15 is 0 Å². The van der Waals surface area contributed by atoms with Crippen LogP contribution in [0.1, 0.15) is 32.8 Å². The fourth-order valence-corrected chi connectivity index (χ4v) is 2.17. The zero-order valence-corrected chi connectivity index (χ0v) is 15.5. The lowest BCUT2D eigenvalue weighted by Crippen LogP contribution is -2.44. The molecule has 1 atom stereocenters. The van der Waals surface area contributed by atoms with Gasteiger partial charge in [-0.3, -0.25) is 4.79 Å². The van der Waals surface area contributed by atoms with Crippen molar-refractivity contribution in [3.05, 3.63) is 29.8 Å². The van der Waals surface area contributed by atoms with Crippen LogP contribution in [0.2, 0.25) is 0 Å². The summed E-state index contributed by atoms with van der Waals surface area (Å²) in [6, 6.07) is 6.04. The van der Waals surface area contributed by atoms with Gasteiger partial charge in [-0.15, -0.1) is 11.8 Å². The number of nitrogens with one attached hydrogen (secondary N) is 1. The van der Waals surface area contributed by atoms with Crippen LogP contribution in [-0.2, 0) is 25.7 Å². The van der Waals surface area contributed by atoms with Crippen molar-refractivity contribution in [1.29, 1.82) is 0 Å². The average molecular weight is 369 g/mol. The third kappa shape index (κ3) is 8.44. The zero-order chi connectivity index (χ0) is 19.0. The Bertz CT molecular complexity index is 609. The van der Waals surface area contributed by atoms with Crippen LogP contribution in [0.5, 0.6) is 0 Å². The number of carbonyl (C=O) groups excluding carboxylic acids is 2. The Morgan fingerprint density at radius 1 is 1.20 bits per heavy atom. The van der Waals surface area contributed by atoms with E-state index in [0.29, 0.717) is 0 Å². The molecule has 0 fully saturated rings. The molecule has 0 radical (unpaired) electrons. The molecule has 8 heteroatoms. The molecule has 0 aromatic heterocycles. The van der Waals surface area contributed by atoms with Crippen molar-refractivity contribution >= 4 is 29.8 Å². The van der Waals surface area contributed by atoms with Gasteiger partial charge in [0.15, 0.2) is 0 Å². The van der Waals surface area contributed by atoms with Crippen molar-refractivity contribution in [3.63, 3.8) is 0 Å². The van der Waals surface area contributed by atoms with Crippen LogP contribution in [0.4, 0.5) is 4.79 Å². The fourth-order valence-electron chi connectivity index (χ4n) is 1.76. The van der Waals surface area contributed by atoms with Gasteiger partial charge < -0.3 is 19.9 Å². The first-order valence-electron chi connectivity index (χ1n) is 7.61. The van der Waals surface area contributed by atoms with E-state index in [2.05, 4.69) is 5.32 Å². The summed E-state index contributed by atoms with van der Waals surface area (Å²) in [5.74, 6) is -2.07. The number of hydrogen-bond donors (Lipinski definition) is 2. The van der Waals surface area contributed by atoms with Crippen LogP contribution in [0.25, 0.3) is 0 Å². The first-order chi connectivity index (χ1) is 11.6. The van der Waals surface area contributed by atoms with E-state index in [1.807, 2.05) is 30.5 Å². The fraction of sp³-hybridized carbons (Fsp3) is 0.471. The van der Waals surface area contributed by atoms with Gasteiger partial charge in [0.1, 0.15) is 18.2 Å². The number of hydrogen-bond acceptors (Lipinski definition) is 6. The number of thioether (sulfide) groups is 1. The Morgan fingerprint density at radius 3 is 2.28 bits per heavy atom. The molecule has 138 valence electrons. The van der Waals surface area contributed by atoms with Gasteiger partial charge in [-0.25, -0.2) is 9.59 Å². The summed E-state index contributed by atoms with van der Waals surface area (Å²) in [7, 11) is 0. The molecule has 1 rings (SSSR count). The minimum Gasteiger partial charge on any atom is -0.480 e. The van der Waals surface area contributed by atoms with E-state index in [-0.39, 0.29) is 6.61 Å². The third-order valence-electron chi connectivity index (χ3n) is 2.92. The van der Waals surface area contributed by atoms with Crippen LogP contribution < -0.4 is 5.32 Å². The molecule has 0 saturated carbocycles. The van der Waals surface area contributed by atoms with Gasteiger partial charge in [0.2, 0.25) is 0 Å². The van der Waals surface area contributed by atoms with E-state index in [1.54, 1.807) is 32.5 Å². The number of carboxylic acids is 1. The Kier molecular flexibility index (Phi) is 7.76. The van der Waals surface area contributed by atoms with Crippen molar-refractivity contribution in [2.45, 2.75) is 50.3 Å². The molecule has 25 heavy (non-hydrogen) atoms. The number of esters is 1. The van der Waals surface area contributed by atoms with Gasteiger partial charge in [0.25, 0.3) is 0 Å². The Morgan fingerprint density at radius 2 is 1.80 bits per heavy atom. The molecule has 2 N–H and O–H groups in total. The monoisotopic (exact) mass is 369 g/mol. The third-order valence-corrected chi connectivity index (χ3v) is 3.66. The van der Waals surface area contributed by atoms with E-state index in [4.69, 9.17) is 14.6 Å². The maximum Gasteiger partial charge on any atom is 0.408 e. The lowest BCUT2D eigenvalue weighted by molar-refractivity contribution is -0.150. The van der Waals surface area contributed by atoms with Crippen molar-refractivity contribution in [2.75, 3.05) is 6.26 Å². The quantitative estimate of drug-likeness (QED) is 0.563. The number of amides is 1. The first-order valence-corrected chi connectivity index (χ1v) is 8.84. The highest BCUT2D eigenvalue weighted by Gasteiger charge is 2.26. The molecule has 7 nitrogen and oxygen atoms in total. The molecule has 0 saturated heterocycles. The second kappa shape index (κ2) is 9.31. The van der Waals surface area contributed by atoms with Gasteiger partial charge >= 0.3 is 18.0 Å². The number of rotatable bonds is 7. The van der Waals surface area contributed by atoms with Crippen molar-refractivity contribution in [3.8, 4) is 0 Å². The predicted molar refractivity (Wildman–Crippen MR) is 93.4 cm³/mol. The molecule has 0 bridgehead atoms. The largest absolute Gasteiger partial charge is 0.480 e. The Hall–Kier alpha value is -2.22. The standard InChI is InChI=1S/C17H23NO6S/c1-17(2,3)24-16(22)18-13(15(20)21)9-14(19)23-10-11-5-7-12(25-4)8-6-11/h5-8,13H,9-10H2,1-4H3,(H,18,22)(H,20,21)/t13-/m0/s1. The first kappa shape index (κ1) is 20.8. The summed E-state index contributed by atoms with van der Waals surface area (Å²) in [6.45, 7) is 4.99. The number of carbonyl (C=O) groups is 3. The maximum atomic E-state index is 11.8. The summed E-state index contributed by atoms with van der Waals surface area (Å²) in [6.07, 6.45) is 0.566. The number of ether oxygens (including phenoxy) is 2. The summed E-state index contributed by atoms with van der Waals surface area (Å²) in [5.41, 5.74) is 0.0227. The SMILES string of the molecule is CSc1ccc(COC(=O)C[C@H](NC(=O)OC(C)(C)C)C(=O)O)cc1. The smallest absolute Gasteiger partial charge is 0.408 e. The molecule has 0 unspecified atom stereocenters. The van der Waals surface area contributed by atoms with Crippen LogP contribution in [0.15, 0.2) is 29.2 Å². The van der Waals surface area contributed by atoms with Gasteiger partial charge in [-0.2, -0.15) is 0 Å². The van der Waals surface area contributed by atoms with Crippen LogP contribution in [-0.4, -0.2) is 41.0 Å². The minimum absolute atomic E-state index is 0.0340. The van der Waals surface area contributed by atoms with Gasteiger partial charge in [0.05, 0.1) is 6.42 Å². The number of alkyl carbamates (subject to hydrolysis) is 1. The molecule has 1 aromatic rings. The Labute approximate surface area is 151 Å². The molecule has 0 aliphatic carbocycles. The molecule has 0 heterocycles. The average Bonchev–Trinajstić information content (AvgIpc) is 2.51. The molecular formula is C17H23NO6S. The highest BCUT2D eigenvalue weighted by Crippen LogP contribution is 2.15. The molecule has 0 spiro atoms. The van der Waals surface area contributed by atoms with E-state index < -0.39 is 36.1 Å². The predicted octanol–water partition coefficient (Wildman–Crippen LogP) is 2.82. The Balaban J connectivity index is 2.52. The van der Waals surface area contributed by atoms with Crippen LogP contribution in [0, 0.1) is 0 Å². The normalized spacial score (nSPS) is 12.2. The molecule has 0 aliphatic heterocycles. The second-order valence-electron chi connectivity index (χ2n) is 6.25. The number of aliphatic carboxylic acids is 1. The lowest BCUT2D eigenvalue weighted by Gasteiger charge is -2.21. The molecular weight excluding hydrogens is 346 g/mol. The highest BCUT2D eigenvalue weighted by molar-refractivity contribution is 7.98. The van der Waals surface area contributed by atoms with E-state index in [0.717, 1.165) is 10.5 Å². The maximum absolute atomic E-state index is 11.8.